The van der Waals surface area contributed by atoms with Crippen molar-refractivity contribution in [2.75, 3.05) is 12.3 Å². The predicted molar refractivity (Wildman–Crippen MR) is 222 cm³/mol. The molecule has 0 unspecified atom stereocenters. The second-order valence-corrected chi connectivity index (χ2v) is 14.4. The zero-order chi connectivity index (χ0) is 40.5. The molecule has 4 atom stereocenters. The molecule has 59 heavy (non-hydrogen) atoms. The van der Waals surface area contributed by atoms with Crippen LogP contribution in [0.5, 0.6) is 0 Å². The van der Waals surface area contributed by atoms with Gasteiger partial charge < -0.3 is 25.1 Å². The SMILES string of the molecule is Nc1nc2c(ncn2[C@@H]2O[C@H](COC(c3ccccc3)(c3ccccc3)c3ccccc3)[C@@H](OC(c3ccccc3)(c3ccccc3)c3ccccc3)[C@@]2(O)F)c(=O)[nH]1. The number of nitrogens with one attached hydrogen (secondary N) is 1. The lowest BCUT2D eigenvalue weighted by Crippen LogP contribution is -2.51. The summed E-state index contributed by atoms with van der Waals surface area (Å²) in [6, 6.07) is 57.7. The minimum absolute atomic E-state index is 0.0831. The number of benzene rings is 6. The van der Waals surface area contributed by atoms with Crippen LogP contribution < -0.4 is 11.3 Å². The van der Waals surface area contributed by atoms with Crippen molar-refractivity contribution >= 4 is 17.1 Å². The minimum atomic E-state index is -3.29. The van der Waals surface area contributed by atoms with E-state index in [0.29, 0.717) is 16.7 Å². The van der Waals surface area contributed by atoms with E-state index in [9.17, 15) is 9.90 Å². The number of aromatic nitrogens is 4. The number of aliphatic hydroxyl groups is 1. The molecule has 2 aromatic heterocycles. The summed E-state index contributed by atoms with van der Waals surface area (Å²) >= 11 is 0. The first-order chi connectivity index (χ1) is 28.8. The van der Waals surface area contributed by atoms with Gasteiger partial charge in [0.1, 0.15) is 17.3 Å². The monoisotopic (exact) mass is 785 g/mol. The van der Waals surface area contributed by atoms with Crippen molar-refractivity contribution in [1.29, 1.82) is 0 Å². The Morgan fingerprint density at radius 3 is 1.47 bits per heavy atom. The predicted octanol–water partition coefficient (Wildman–Crippen LogP) is 7.64. The summed E-state index contributed by atoms with van der Waals surface area (Å²) in [5.74, 6) is -3.51. The van der Waals surface area contributed by atoms with Gasteiger partial charge in [0, 0.05) is 0 Å². The molecule has 3 heterocycles. The van der Waals surface area contributed by atoms with Crippen LogP contribution in [0.15, 0.2) is 193 Å². The first kappa shape index (κ1) is 37.8. The molecule has 9 rings (SSSR count). The molecule has 0 radical (unpaired) electrons. The summed E-state index contributed by atoms with van der Waals surface area (Å²) in [7, 11) is 0. The van der Waals surface area contributed by atoms with Crippen molar-refractivity contribution in [3.8, 4) is 0 Å². The van der Waals surface area contributed by atoms with Crippen molar-refractivity contribution in [3.63, 3.8) is 0 Å². The average molecular weight is 786 g/mol. The van der Waals surface area contributed by atoms with Crippen molar-refractivity contribution < 1.29 is 23.7 Å². The Labute approximate surface area is 339 Å². The van der Waals surface area contributed by atoms with Crippen LogP contribution in [0, 0.1) is 0 Å². The Bertz CT molecular complexity index is 2510. The normalized spacial score (nSPS) is 19.5. The molecule has 8 aromatic rings. The number of alkyl halides is 1. The highest BCUT2D eigenvalue weighted by Gasteiger charge is 2.62. The van der Waals surface area contributed by atoms with Gasteiger partial charge in [-0.25, -0.2) is 9.37 Å². The van der Waals surface area contributed by atoms with E-state index in [0.717, 1.165) is 16.7 Å². The van der Waals surface area contributed by atoms with E-state index >= 15 is 4.39 Å². The third-order valence-electron chi connectivity index (χ3n) is 10.9. The lowest BCUT2D eigenvalue weighted by molar-refractivity contribution is -0.224. The maximum Gasteiger partial charge on any atom is 0.281 e. The lowest BCUT2D eigenvalue weighted by atomic mass is 9.79. The number of aromatic amines is 1. The largest absolute Gasteiger partial charge is 0.369 e. The van der Waals surface area contributed by atoms with Gasteiger partial charge in [-0.2, -0.15) is 4.98 Å². The van der Waals surface area contributed by atoms with Gasteiger partial charge in [0.05, 0.1) is 12.9 Å². The summed E-state index contributed by atoms with van der Waals surface area (Å²) in [5.41, 5.74) is 6.89. The highest BCUT2D eigenvalue weighted by Crippen LogP contribution is 2.50. The number of nitrogens with two attached hydrogens (primary N) is 1. The van der Waals surface area contributed by atoms with Gasteiger partial charge in [0.15, 0.2) is 23.5 Å². The van der Waals surface area contributed by atoms with Crippen LogP contribution in [-0.4, -0.2) is 49.3 Å². The molecule has 4 N–H and O–H groups in total. The number of nitrogen functional groups attached to an aromatic ring is 1. The van der Waals surface area contributed by atoms with Gasteiger partial charge in [-0.1, -0.05) is 182 Å². The van der Waals surface area contributed by atoms with Gasteiger partial charge in [-0.05, 0) is 33.4 Å². The average Bonchev–Trinajstić information content (AvgIpc) is 3.81. The molecule has 0 bridgehead atoms. The first-order valence-corrected chi connectivity index (χ1v) is 19.3. The molecule has 294 valence electrons. The molecule has 1 saturated heterocycles. The minimum Gasteiger partial charge on any atom is -0.369 e. The number of ether oxygens (including phenoxy) is 3. The Morgan fingerprint density at radius 1 is 0.678 bits per heavy atom. The van der Waals surface area contributed by atoms with Crippen molar-refractivity contribution in [2.45, 2.75) is 35.5 Å². The number of hydrogen-bond acceptors (Lipinski definition) is 8. The standard InChI is InChI=1S/C48H40FN5O5/c49-48(56)41(59-47(36-25-13-4-14-26-36,37-27-15-5-16-28-37)38-29-17-6-18-30-38)39(58-44(48)54-32-51-40-42(54)52-45(50)53-43(40)55)31-57-46(33-19-7-1-8-20-33,34-21-9-2-10-22-34)35-23-11-3-12-24-35/h1-30,32,39,41,44,56H,31H2,(H3,50,52,53,55)/t39-,41-,44-,48+/m1/s1. The second-order valence-electron chi connectivity index (χ2n) is 14.4. The molecule has 0 aliphatic carbocycles. The highest BCUT2D eigenvalue weighted by atomic mass is 19.2. The zero-order valence-corrected chi connectivity index (χ0v) is 31.7. The number of halogens is 1. The Hall–Kier alpha value is -6.76. The van der Waals surface area contributed by atoms with Crippen LogP contribution >= 0.6 is 0 Å². The number of anilines is 1. The molecular formula is C48H40FN5O5. The van der Waals surface area contributed by atoms with E-state index in [-0.39, 0.29) is 23.7 Å². The van der Waals surface area contributed by atoms with E-state index in [2.05, 4.69) is 15.0 Å². The van der Waals surface area contributed by atoms with Crippen LogP contribution in [0.4, 0.5) is 10.3 Å². The fraction of sp³-hybridized carbons (Fsp3) is 0.146. The smallest absolute Gasteiger partial charge is 0.281 e. The van der Waals surface area contributed by atoms with Crippen molar-refractivity contribution in [3.05, 3.63) is 232 Å². The molecule has 0 saturated carbocycles. The maximum absolute atomic E-state index is 18.2. The van der Waals surface area contributed by atoms with Gasteiger partial charge in [0.2, 0.25) is 5.95 Å². The van der Waals surface area contributed by atoms with Crippen LogP contribution in [-0.2, 0) is 25.4 Å². The number of imidazole rings is 1. The summed E-state index contributed by atoms with van der Waals surface area (Å²) in [5, 5.41) is 12.5. The molecule has 1 fully saturated rings. The molecule has 6 aromatic carbocycles. The molecule has 0 spiro atoms. The Morgan fingerprint density at radius 2 is 1.07 bits per heavy atom. The fourth-order valence-electron chi connectivity index (χ4n) is 8.28. The molecule has 1 aliphatic heterocycles. The number of fused-ring (bicyclic) bond motifs is 1. The summed E-state index contributed by atoms with van der Waals surface area (Å²) in [6.45, 7) is -0.288. The number of hydrogen-bond donors (Lipinski definition) is 3. The van der Waals surface area contributed by atoms with E-state index in [1.807, 2.05) is 182 Å². The fourth-order valence-corrected chi connectivity index (χ4v) is 8.28. The molecule has 11 heteroatoms. The number of H-pyrrole nitrogens is 1. The summed E-state index contributed by atoms with van der Waals surface area (Å²) in [6.07, 6.45) is -3.66. The summed E-state index contributed by atoms with van der Waals surface area (Å²) in [4.78, 5) is 23.8. The first-order valence-electron chi connectivity index (χ1n) is 19.3. The lowest BCUT2D eigenvalue weighted by Gasteiger charge is -2.41. The van der Waals surface area contributed by atoms with Crippen LogP contribution in [0.1, 0.15) is 39.6 Å². The highest BCUT2D eigenvalue weighted by molar-refractivity contribution is 5.70. The quantitative estimate of drug-likeness (QED) is 0.108. The van der Waals surface area contributed by atoms with Crippen LogP contribution in [0.25, 0.3) is 11.2 Å². The maximum atomic E-state index is 18.2. The van der Waals surface area contributed by atoms with Gasteiger partial charge in [-0.3, -0.25) is 14.3 Å². The van der Waals surface area contributed by atoms with E-state index in [1.165, 1.54) is 10.9 Å². The van der Waals surface area contributed by atoms with E-state index < -0.39 is 41.1 Å². The second kappa shape index (κ2) is 15.5. The van der Waals surface area contributed by atoms with Crippen molar-refractivity contribution in [1.82, 2.24) is 19.5 Å². The third kappa shape index (κ3) is 6.60. The van der Waals surface area contributed by atoms with E-state index in [4.69, 9.17) is 19.9 Å². The molecule has 1 aliphatic rings. The van der Waals surface area contributed by atoms with Gasteiger partial charge in [0.25, 0.3) is 11.4 Å². The Balaban J connectivity index is 1.24. The van der Waals surface area contributed by atoms with E-state index in [1.54, 1.807) is 0 Å². The molecule has 0 amide bonds. The summed E-state index contributed by atoms with van der Waals surface area (Å²) < 4.78 is 40.5. The third-order valence-corrected chi connectivity index (χ3v) is 10.9. The molecular weight excluding hydrogens is 746 g/mol. The van der Waals surface area contributed by atoms with Gasteiger partial charge >= 0.3 is 0 Å². The van der Waals surface area contributed by atoms with Gasteiger partial charge in [-0.15, -0.1) is 0 Å². The zero-order valence-electron chi connectivity index (χ0n) is 31.7. The Kier molecular flexibility index (Phi) is 9.95. The van der Waals surface area contributed by atoms with Crippen LogP contribution in [0.3, 0.4) is 0 Å². The molecule has 10 nitrogen and oxygen atoms in total. The topological polar surface area (TPSA) is 138 Å². The van der Waals surface area contributed by atoms with Crippen LogP contribution in [0.2, 0.25) is 0 Å². The number of nitrogens with zero attached hydrogens (tertiary/aromatic N) is 3. The number of rotatable bonds is 12. The van der Waals surface area contributed by atoms with Crippen molar-refractivity contribution in [2.24, 2.45) is 0 Å².